The number of rotatable bonds is 5. The first-order valence-corrected chi connectivity index (χ1v) is 9.02. The zero-order valence-electron chi connectivity index (χ0n) is 16.8. The van der Waals surface area contributed by atoms with Gasteiger partial charge in [0.2, 0.25) is 5.91 Å². The van der Waals surface area contributed by atoms with Gasteiger partial charge in [0.25, 0.3) is 0 Å². The highest BCUT2D eigenvalue weighted by Crippen LogP contribution is 2.28. The Morgan fingerprint density at radius 3 is 2.14 bits per heavy atom. The smallest absolute Gasteiger partial charge is 0.381 e. The lowest BCUT2D eigenvalue weighted by molar-refractivity contribution is -0.141. The van der Waals surface area contributed by atoms with Gasteiger partial charge in [-0.05, 0) is 54.2 Å². The predicted molar refractivity (Wildman–Crippen MR) is 105 cm³/mol. The summed E-state index contributed by atoms with van der Waals surface area (Å²) in [6.07, 6.45) is -2.79. The molecule has 2 aromatic rings. The number of nitrogens with one attached hydrogen (secondary N) is 2. The van der Waals surface area contributed by atoms with E-state index in [1.54, 1.807) is 0 Å². The number of halogens is 3. The number of anilines is 2. The van der Waals surface area contributed by atoms with E-state index in [-0.39, 0.29) is 11.3 Å². The van der Waals surface area contributed by atoms with E-state index in [1.807, 2.05) is 46.8 Å². The second-order valence-corrected chi connectivity index (χ2v) is 8.17. The van der Waals surface area contributed by atoms with Crippen LogP contribution >= 0.6 is 0 Å². The molecule has 0 aliphatic rings. The van der Waals surface area contributed by atoms with E-state index in [2.05, 4.69) is 15.6 Å². The highest BCUT2D eigenvalue weighted by Gasteiger charge is 2.31. The van der Waals surface area contributed by atoms with E-state index >= 15 is 0 Å². The maximum Gasteiger partial charge on any atom is 0.433 e. The van der Waals surface area contributed by atoms with Gasteiger partial charge in [0.15, 0.2) is 0 Å². The van der Waals surface area contributed by atoms with Crippen LogP contribution in [0.4, 0.5) is 24.5 Å². The maximum atomic E-state index is 12.6. The van der Waals surface area contributed by atoms with Crippen LogP contribution in [0, 0.1) is 19.3 Å². The number of aryl methyl sites for hydroxylation is 2. The molecule has 152 valence electrons. The summed E-state index contributed by atoms with van der Waals surface area (Å²) >= 11 is 0. The van der Waals surface area contributed by atoms with Gasteiger partial charge >= 0.3 is 6.18 Å². The fourth-order valence-electron chi connectivity index (χ4n) is 2.83. The lowest BCUT2D eigenvalue weighted by Gasteiger charge is -2.19. The minimum absolute atomic E-state index is 0.0322. The number of carbonyl (C=O) groups excluding carboxylic acids is 1. The van der Waals surface area contributed by atoms with Crippen LogP contribution in [0.1, 0.15) is 49.6 Å². The minimum atomic E-state index is -4.44. The van der Waals surface area contributed by atoms with Crippen molar-refractivity contribution in [2.75, 3.05) is 10.6 Å². The number of hydrogen-bond donors (Lipinski definition) is 2. The summed E-state index contributed by atoms with van der Waals surface area (Å²) in [5.41, 5.74) is 3.08. The zero-order valence-corrected chi connectivity index (χ0v) is 16.8. The van der Waals surface area contributed by atoms with Crippen molar-refractivity contribution in [3.63, 3.8) is 0 Å². The van der Waals surface area contributed by atoms with Crippen LogP contribution < -0.4 is 10.6 Å². The van der Waals surface area contributed by atoms with Crippen LogP contribution in [-0.2, 0) is 17.5 Å². The zero-order chi connectivity index (χ0) is 21.1. The first kappa shape index (κ1) is 21.7. The van der Waals surface area contributed by atoms with Gasteiger partial charge in [0.05, 0.1) is 0 Å². The Bertz CT molecular complexity index is 814. The number of alkyl halides is 3. The Balaban J connectivity index is 2.05. The molecule has 0 fully saturated rings. The molecule has 28 heavy (non-hydrogen) atoms. The van der Waals surface area contributed by atoms with Gasteiger partial charge in [0, 0.05) is 30.5 Å². The molecule has 1 aromatic heterocycles. The molecule has 0 unspecified atom stereocenters. The third-order valence-corrected chi connectivity index (χ3v) is 4.10. The molecular formula is C21H26F3N3O. The van der Waals surface area contributed by atoms with Crippen molar-refractivity contribution >= 4 is 17.3 Å². The first-order chi connectivity index (χ1) is 12.8. The van der Waals surface area contributed by atoms with E-state index in [9.17, 15) is 18.0 Å². The summed E-state index contributed by atoms with van der Waals surface area (Å²) < 4.78 is 37.7. The fraction of sp³-hybridized carbons (Fsp3) is 0.429. The average Bonchev–Trinajstić information content (AvgIpc) is 2.54. The molecule has 0 saturated heterocycles. The molecule has 1 heterocycles. The number of aromatic nitrogens is 1. The third kappa shape index (κ3) is 6.25. The first-order valence-electron chi connectivity index (χ1n) is 9.02. The number of carbonyl (C=O) groups is 1. The van der Waals surface area contributed by atoms with E-state index in [0.717, 1.165) is 28.6 Å². The molecule has 1 aromatic carbocycles. The Morgan fingerprint density at radius 2 is 1.68 bits per heavy atom. The Morgan fingerprint density at radius 1 is 1.07 bits per heavy atom. The van der Waals surface area contributed by atoms with E-state index in [1.165, 1.54) is 12.3 Å². The average molecular weight is 393 g/mol. The molecule has 0 aliphatic heterocycles. The highest BCUT2D eigenvalue weighted by atomic mass is 19.4. The summed E-state index contributed by atoms with van der Waals surface area (Å²) in [6.45, 7) is 10.2. The maximum absolute atomic E-state index is 12.6. The van der Waals surface area contributed by atoms with Crippen LogP contribution in [0.5, 0.6) is 0 Å². The van der Waals surface area contributed by atoms with Gasteiger partial charge < -0.3 is 10.6 Å². The predicted octanol–water partition coefficient (Wildman–Crippen LogP) is 5.70. The summed E-state index contributed by atoms with van der Waals surface area (Å²) in [5.74, 6) is -0.0322. The Hall–Kier alpha value is -2.57. The molecule has 0 aliphatic carbocycles. The summed E-state index contributed by atoms with van der Waals surface area (Å²) in [4.78, 5) is 15.7. The SMILES string of the molecule is Cc1cc(NCc2ccc(C(F)(F)F)nc2)cc(C)c1NC(=O)CC(C)(C)C. The molecule has 1 amide bonds. The van der Waals surface area contributed by atoms with E-state index in [0.29, 0.717) is 18.5 Å². The van der Waals surface area contributed by atoms with E-state index < -0.39 is 11.9 Å². The molecule has 2 N–H and O–H groups in total. The van der Waals surface area contributed by atoms with Crippen LogP contribution in [0.2, 0.25) is 0 Å². The lowest BCUT2D eigenvalue weighted by atomic mass is 9.92. The van der Waals surface area contributed by atoms with Crippen LogP contribution in [0.15, 0.2) is 30.5 Å². The summed E-state index contributed by atoms with van der Waals surface area (Å²) in [6, 6.07) is 6.18. The van der Waals surface area contributed by atoms with Crippen LogP contribution in [0.3, 0.4) is 0 Å². The largest absolute Gasteiger partial charge is 0.433 e. The van der Waals surface area contributed by atoms with Crippen molar-refractivity contribution in [3.05, 3.63) is 52.8 Å². The molecule has 7 heteroatoms. The van der Waals surface area contributed by atoms with Crippen LogP contribution in [0.25, 0.3) is 0 Å². The number of benzene rings is 1. The van der Waals surface area contributed by atoms with Gasteiger partial charge in [-0.1, -0.05) is 26.8 Å². The molecule has 0 atom stereocenters. The number of pyridine rings is 1. The number of amides is 1. The van der Waals surface area contributed by atoms with Gasteiger partial charge in [-0.3, -0.25) is 9.78 Å². The molecule has 0 saturated carbocycles. The van der Waals surface area contributed by atoms with Crippen molar-refractivity contribution in [2.24, 2.45) is 5.41 Å². The minimum Gasteiger partial charge on any atom is -0.381 e. The second-order valence-electron chi connectivity index (χ2n) is 8.17. The van der Waals surface area contributed by atoms with E-state index in [4.69, 9.17) is 0 Å². The molecule has 0 bridgehead atoms. The Kier molecular flexibility index (Phi) is 6.37. The normalized spacial score (nSPS) is 12.0. The van der Waals surface area contributed by atoms with Gasteiger partial charge in [-0.2, -0.15) is 13.2 Å². The van der Waals surface area contributed by atoms with Gasteiger partial charge in [0.1, 0.15) is 5.69 Å². The summed E-state index contributed by atoms with van der Waals surface area (Å²) in [5, 5.41) is 6.16. The number of hydrogen-bond acceptors (Lipinski definition) is 3. The molecule has 0 spiro atoms. The Labute approximate surface area is 163 Å². The van der Waals surface area contributed by atoms with Crippen molar-refractivity contribution in [2.45, 2.75) is 53.8 Å². The van der Waals surface area contributed by atoms with Crippen molar-refractivity contribution in [1.82, 2.24) is 4.98 Å². The van der Waals surface area contributed by atoms with Crippen molar-refractivity contribution < 1.29 is 18.0 Å². The topological polar surface area (TPSA) is 54.0 Å². The second kappa shape index (κ2) is 8.20. The quantitative estimate of drug-likeness (QED) is 0.685. The van der Waals surface area contributed by atoms with Crippen LogP contribution in [-0.4, -0.2) is 10.9 Å². The molecule has 2 rings (SSSR count). The molecule has 0 radical (unpaired) electrons. The monoisotopic (exact) mass is 393 g/mol. The standard InChI is InChI=1S/C21H26F3N3O/c1-13-8-16(9-14(2)19(13)27-18(28)10-20(3,4)5)25-11-15-6-7-17(26-12-15)21(22,23)24/h6-9,12,25H,10-11H2,1-5H3,(H,27,28). The lowest BCUT2D eigenvalue weighted by Crippen LogP contribution is -2.20. The van der Waals surface area contributed by atoms with Crippen molar-refractivity contribution in [3.8, 4) is 0 Å². The van der Waals surface area contributed by atoms with Gasteiger partial charge in [-0.15, -0.1) is 0 Å². The third-order valence-electron chi connectivity index (χ3n) is 4.10. The summed E-state index contributed by atoms with van der Waals surface area (Å²) in [7, 11) is 0. The molecular weight excluding hydrogens is 367 g/mol. The number of nitrogens with zero attached hydrogens (tertiary/aromatic N) is 1. The van der Waals surface area contributed by atoms with Crippen molar-refractivity contribution in [1.29, 1.82) is 0 Å². The fourth-order valence-corrected chi connectivity index (χ4v) is 2.83. The highest BCUT2D eigenvalue weighted by molar-refractivity contribution is 5.93. The molecule has 4 nitrogen and oxygen atoms in total. The van der Waals surface area contributed by atoms with Gasteiger partial charge in [-0.25, -0.2) is 0 Å².